The first-order valence-corrected chi connectivity index (χ1v) is 9.64. The van der Waals surface area contributed by atoms with E-state index in [9.17, 15) is 15.4 Å². The summed E-state index contributed by atoms with van der Waals surface area (Å²) in [4.78, 5) is 19.1. The predicted molar refractivity (Wildman–Crippen MR) is 119 cm³/mol. The van der Waals surface area contributed by atoms with Crippen molar-refractivity contribution in [2.75, 3.05) is 45.0 Å². The second-order valence-electron chi connectivity index (χ2n) is 7.43. The molecule has 0 aliphatic carbocycles. The van der Waals surface area contributed by atoms with Gasteiger partial charge in [0.2, 0.25) is 17.5 Å². The van der Waals surface area contributed by atoms with E-state index < -0.39 is 4.92 Å². The number of nitriles is 1. The van der Waals surface area contributed by atoms with E-state index in [4.69, 9.17) is 4.42 Å². The number of aromatic nitrogens is 1. The molecule has 0 amide bonds. The van der Waals surface area contributed by atoms with Gasteiger partial charge in [-0.05, 0) is 37.9 Å². The van der Waals surface area contributed by atoms with E-state index in [1.165, 1.54) is 6.07 Å². The van der Waals surface area contributed by atoms with Gasteiger partial charge < -0.3 is 19.5 Å². The lowest BCUT2D eigenvalue weighted by atomic mass is 10.1. The molecule has 2 aromatic carbocycles. The van der Waals surface area contributed by atoms with Crippen LogP contribution < -0.4 is 10.2 Å². The van der Waals surface area contributed by atoms with Crippen LogP contribution in [0.1, 0.15) is 17.3 Å². The summed E-state index contributed by atoms with van der Waals surface area (Å²) in [6, 6.07) is 16.4. The van der Waals surface area contributed by atoms with Gasteiger partial charge >= 0.3 is 0 Å². The summed E-state index contributed by atoms with van der Waals surface area (Å²) in [6.07, 6.45) is 0. The molecule has 1 aromatic heterocycles. The van der Waals surface area contributed by atoms with Gasteiger partial charge in [-0.2, -0.15) is 10.2 Å². The Bertz CT molecular complexity index is 1100. The van der Waals surface area contributed by atoms with E-state index >= 15 is 0 Å². The maximum absolute atomic E-state index is 11.3. The zero-order chi connectivity index (χ0) is 22.5. The number of likely N-dealkylation sites (N-methyl/N-ethyl adjacent to an activating group) is 1. The van der Waals surface area contributed by atoms with Gasteiger partial charge in [0.15, 0.2) is 0 Å². The van der Waals surface area contributed by atoms with E-state index in [-0.39, 0.29) is 34.8 Å². The summed E-state index contributed by atoms with van der Waals surface area (Å²) in [7, 11) is 7.91. The highest BCUT2D eigenvalue weighted by atomic mass is 16.6. The minimum atomic E-state index is -0.502. The molecule has 0 aliphatic heterocycles. The van der Waals surface area contributed by atoms with Crippen LogP contribution in [0.4, 0.5) is 17.3 Å². The molecule has 160 valence electrons. The predicted octanol–water partition coefficient (Wildman–Crippen LogP) is 3.90. The Kier molecular flexibility index (Phi) is 6.52. The summed E-state index contributed by atoms with van der Waals surface area (Å²) in [5.74, 6) is 0.218. The number of hydrogen-bond donors (Lipinski definition) is 1. The maximum Gasteiger partial charge on any atom is 0.282 e. The molecule has 31 heavy (non-hydrogen) atoms. The van der Waals surface area contributed by atoms with Crippen LogP contribution in [0.25, 0.3) is 11.5 Å². The van der Waals surface area contributed by atoms with Gasteiger partial charge in [-0.25, -0.2) is 0 Å². The second-order valence-corrected chi connectivity index (χ2v) is 7.43. The zero-order valence-corrected chi connectivity index (χ0v) is 17.9. The number of para-hydroxylation sites is 1. The van der Waals surface area contributed by atoms with Gasteiger partial charge in [-0.15, -0.1) is 0 Å². The van der Waals surface area contributed by atoms with Crippen LogP contribution in [0.5, 0.6) is 0 Å². The largest absolute Gasteiger partial charge is 0.419 e. The van der Waals surface area contributed by atoms with Crippen LogP contribution in [-0.4, -0.2) is 49.5 Å². The minimum Gasteiger partial charge on any atom is -0.419 e. The average molecular weight is 420 g/mol. The summed E-state index contributed by atoms with van der Waals surface area (Å²) in [6.45, 7) is 0.453. The zero-order valence-electron chi connectivity index (χ0n) is 17.9. The number of nitro groups is 1. The number of anilines is 2. The van der Waals surface area contributed by atoms with Gasteiger partial charge in [0.25, 0.3) is 5.69 Å². The van der Waals surface area contributed by atoms with E-state index in [1.807, 2.05) is 51.3 Å². The normalized spacial score (nSPS) is 11.7. The number of nitrogens with one attached hydrogen (secondary N) is 1. The van der Waals surface area contributed by atoms with Crippen LogP contribution >= 0.6 is 0 Å². The van der Waals surface area contributed by atoms with Crippen molar-refractivity contribution in [1.29, 1.82) is 5.26 Å². The Morgan fingerprint density at radius 1 is 1.16 bits per heavy atom. The molecule has 0 aliphatic rings. The third kappa shape index (κ3) is 4.82. The summed E-state index contributed by atoms with van der Waals surface area (Å²) < 4.78 is 5.72. The standard InChI is InChI=1S/C22H24N6O3/c1-26(2)16-11-9-15(10-12-16)20(27(3)4)14-24-22-18(13-23)25-21(31-22)17-7-5-6-8-19(17)28(29)30/h5-12,20,24H,14H2,1-4H3. The number of nitrogens with zero attached hydrogens (tertiary/aromatic N) is 5. The third-order valence-electron chi connectivity index (χ3n) is 4.94. The number of oxazole rings is 1. The fourth-order valence-corrected chi connectivity index (χ4v) is 3.23. The molecule has 0 saturated heterocycles. The number of nitro benzene ring substituents is 1. The van der Waals surface area contributed by atoms with E-state index in [0.29, 0.717) is 6.54 Å². The Morgan fingerprint density at radius 2 is 1.84 bits per heavy atom. The third-order valence-corrected chi connectivity index (χ3v) is 4.94. The van der Waals surface area contributed by atoms with Gasteiger partial charge in [-0.3, -0.25) is 10.1 Å². The van der Waals surface area contributed by atoms with E-state index in [2.05, 4.69) is 27.3 Å². The number of rotatable bonds is 8. The first-order chi connectivity index (χ1) is 14.8. The van der Waals surface area contributed by atoms with Crippen molar-refractivity contribution in [2.24, 2.45) is 0 Å². The Labute approximate surface area is 180 Å². The fraction of sp³-hybridized carbons (Fsp3) is 0.273. The average Bonchev–Trinajstić information content (AvgIpc) is 3.17. The Morgan fingerprint density at radius 3 is 2.42 bits per heavy atom. The van der Waals surface area contributed by atoms with Crippen molar-refractivity contribution in [2.45, 2.75) is 6.04 Å². The molecular formula is C22H24N6O3. The SMILES string of the molecule is CN(C)c1ccc(C(CNc2oc(-c3ccccc3[N+](=O)[O-])nc2C#N)N(C)C)cc1. The van der Waals surface area contributed by atoms with Gasteiger partial charge in [0, 0.05) is 32.4 Å². The summed E-state index contributed by atoms with van der Waals surface area (Å²) >= 11 is 0. The minimum absolute atomic E-state index is 0.00219. The molecule has 0 fully saturated rings. The second kappa shape index (κ2) is 9.28. The van der Waals surface area contributed by atoms with E-state index in [0.717, 1.165) is 11.3 Å². The van der Waals surface area contributed by atoms with Crippen molar-refractivity contribution in [1.82, 2.24) is 9.88 Å². The van der Waals surface area contributed by atoms with Gasteiger partial charge in [-0.1, -0.05) is 24.3 Å². The molecule has 0 spiro atoms. The highest BCUT2D eigenvalue weighted by molar-refractivity contribution is 5.68. The molecular weight excluding hydrogens is 396 g/mol. The molecule has 3 rings (SSSR count). The topological polar surface area (TPSA) is 111 Å². The van der Waals surface area contributed by atoms with E-state index in [1.54, 1.807) is 18.2 Å². The number of hydrogen-bond acceptors (Lipinski definition) is 8. The molecule has 0 bridgehead atoms. The van der Waals surface area contributed by atoms with Crippen molar-refractivity contribution in [3.8, 4) is 17.5 Å². The molecule has 1 N–H and O–H groups in total. The molecule has 1 atom stereocenters. The quantitative estimate of drug-likeness (QED) is 0.431. The van der Waals surface area contributed by atoms with Crippen LogP contribution in [0.3, 0.4) is 0 Å². The molecule has 1 heterocycles. The van der Waals surface area contributed by atoms with Gasteiger partial charge in [0.05, 0.1) is 11.0 Å². The Hall–Kier alpha value is -3.90. The monoisotopic (exact) mass is 420 g/mol. The molecule has 9 nitrogen and oxygen atoms in total. The molecule has 3 aromatic rings. The van der Waals surface area contributed by atoms with Gasteiger partial charge in [0.1, 0.15) is 11.6 Å². The smallest absolute Gasteiger partial charge is 0.282 e. The first kappa shape index (κ1) is 21.8. The Balaban J connectivity index is 1.85. The lowest BCUT2D eigenvalue weighted by Crippen LogP contribution is -2.27. The van der Waals surface area contributed by atoms with Crippen LogP contribution in [0.15, 0.2) is 52.9 Å². The first-order valence-electron chi connectivity index (χ1n) is 9.64. The van der Waals surface area contributed by atoms with Crippen LogP contribution in [0, 0.1) is 21.4 Å². The molecule has 9 heteroatoms. The van der Waals surface area contributed by atoms with Crippen LogP contribution in [0.2, 0.25) is 0 Å². The van der Waals surface area contributed by atoms with Crippen molar-refractivity contribution in [3.63, 3.8) is 0 Å². The summed E-state index contributed by atoms with van der Waals surface area (Å²) in [5, 5.41) is 23.9. The fourth-order valence-electron chi connectivity index (χ4n) is 3.23. The molecule has 0 saturated carbocycles. The summed E-state index contributed by atoms with van der Waals surface area (Å²) in [5.41, 5.74) is 2.34. The molecule has 1 unspecified atom stereocenters. The lowest BCUT2D eigenvalue weighted by molar-refractivity contribution is -0.384. The van der Waals surface area contributed by atoms with Crippen LogP contribution in [-0.2, 0) is 0 Å². The highest BCUT2D eigenvalue weighted by Gasteiger charge is 2.23. The van der Waals surface area contributed by atoms with Crippen molar-refractivity contribution in [3.05, 3.63) is 69.9 Å². The highest BCUT2D eigenvalue weighted by Crippen LogP contribution is 2.32. The maximum atomic E-state index is 11.3. The lowest BCUT2D eigenvalue weighted by Gasteiger charge is -2.25. The van der Waals surface area contributed by atoms with Crippen molar-refractivity contribution >= 4 is 17.3 Å². The van der Waals surface area contributed by atoms with Crippen molar-refractivity contribution < 1.29 is 9.34 Å². The molecule has 0 radical (unpaired) electrons. The number of benzene rings is 2.